The molecule has 0 radical (unpaired) electrons. The normalized spacial score (nSPS) is 25.3. The largest absolute Gasteiger partial charge is 0.416 e. The fraction of sp³-hybridized carbons (Fsp3) is 0.500. The summed E-state index contributed by atoms with van der Waals surface area (Å²) in [5.41, 5.74) is 4.90. The number of carbonyl (C=O) groups is 1. The minimum atomic E-state index is -4.48. The van der Waals surface area contributed by atoms with Gasteiger partial charge in [0, 0.05) is 18.2 Å². The van der Waals surface area contributed by atoms with E-state index >= 15 is 0 Å². The molecule has 1 saturated carbocycles. The Kier molecular flexibility index (Phi) is 4.53. The summed E-state index contributed by atoms with van der Waals surface area (Å²) in [6.07, 6.45) is -4.03. The Labute approximate surface area is 120 Å². The van der Waals surface area contributed by atoms with E-state index in [2.05, 4.69) is 5.32 Å². The number of benzene rings is 1. The first-order chi connectivity index (χ1) is 9.82. The lowest BCUT2D eigenvalue weighted by molar-refractivity contribution is -0.137. The molecular formula is C14H17F3N2O2. The Morgan fingerprint density at radius 1 is 1.48 bits per heavy atom. The van der Waals surface area contributed by atoms with Crippen LogP contribution in [-0.2, 0) is 10.9 Å². The van der Waals surface area contributed by atoms with Gasteiger partial charge in [-0.15, -0.1) is 0 Å². The molecule has 1 aromatic rings. The zero-order valence-electron chi connectivity index (χ0n) is 11.5. The maximum atomic E-state index is 12.6. The standard InChI is InChI=1S/C14H17F3N2O2/c1-2-21-11-7-10(18)12(11)19-13(20)8-4-3-5-9(6-8)14(15,16)17/h3-6,10-12H,2,7,18H2,1H3,(H,19,20). The molecule has 1 fully saturated rings. The highest BCUT2D eigenvalue weighted by Crippen LogP contribution is 2.29. The van der Waals surface area contributed by atoms with Crippen LogP contribution in [0.4, 0.5) is 13.2 Å². The first-order valence-electron chi connectivity index (χ1n) is 6.68. The molecule has 1 amide bonds. The molecule has 1 aliphatic rings. The van der Waals surface area contributed by atoms with Crippen LogP contribution in [0.3, 0.4) is 0 Å². The molecule has 0 spiro atoms. The summed E-state index contributed by atoms with van der Waals surface area (Å²) >= 11 is 0. The van der Waals surface area contributed by atoms with Crippen LogP contribution in [0.5, 0.6) is 0 Å². The number of amides is 1. The van der Waals surface area contributed by atoms with E-state index < -0.39 is 17.6 Å². The van der Waals surface area contributed by atoms with Gasteiger partial charge in [0.2, 0.25) is 0 Å². The van der Waals surface area contributed by atoms with Crippen molar-refractivity contribution in [1.82, 2.24) is 5.32 Å². The summed E-state index contributed by atoms with van der Waals surface area (Å²) in [4.78, 5) is 12.0. The molecule has 116 valence electrons. The Hall–Kier alpha value is -1.60. The first-order valence-corrected chi connectivity index (χ1v) is 6.68. The summed E-state index contributed by atoms with van der Waals surface area (Å²) in [5, 5.41) is 2.64. The van der Waals surface area contributed by atoms with Crippen LogP contribution < -0.4 is 11.1 Å². The van der Waals surface area contributed by atoms with Gasteiger partial charge in [0.1, 0.15) is 0 Å². The van der Waals surface area contributed by atoms with E-state index in [1.165, 1.54) is 12.1 Å². The van der Waals surface area contributed by atoms with E-state index in [1.807, 2.05) is 6.92 Å². The summed E-state index contributed by atoms with van der Waals surface area (Å²) in [5.74, 6) is -0.578. The van der Waals surface area contributed by atoms with E-state index in [-0.39, 0.29) is 23.8 Å². The summed E-state index contributed by atoms with van der Waals surface area (Å²) < 4.78 is 43.3. The fourth-order valence-corrected chi connectivity index (χ4v) is 2.30. The Morgan fingerprint density at radius 3 is 2.76 bits per heavy atom. The van der Waals surface area contributed by atoms with Gasteiger partial charge >= 0.3 is 6.18 Å². The second-order valence-electron chi connectivity index (χ2n) is 4.97. The molecule has 0 aliphatic heterocycles. The monoisotopic (exact) mass is 302 g/mol. The molecule has 0 aromatic heterocycles. The average Bonchev–Trinajstić information content (AvgIpc) is 2.43. The number of nitrogens with one attached hydrogen (secondary N) is 1. The van der Waals surface area contributed by atoms with Crippen LogP contribution in [-0.4, -0.2) is 30.7 Å². The van der Waals surface area contributed by atoms with Gasteiger partial charge in [0.15, 0.2) is 0 Å². The number of rotatable bonds is 4. The maximum Gasteiger partial charge on any atom is 0.416 e. The zero-order valence-corrected chi connectivity index (χ0v) is 11.5. The molecule has 2 rings (SSSR count). The highest BCUT2D eigenvalue weighted by molar-refractivity contribution is 5.94. The molecular weight excluding hydrogens is 285 g/mol. The SMILES string of the molecule is CCOC1CC(N)C1NC(=O)c1cccc(C(F)(F)F)c1. The Bertz CT molecular complexity index is 517. The highest BCUT2D eigenvalue weighted by atomic mass is 19.4. The number of alkyl halides is 3. The van der Waals surface area contributed by atoms with Crippen LogP contribution in [0.25, 0.3) is 0 Å². The lowest BCUT2D eigenvalue weighted by Crippen LogP contribution is -2.64. The number of hydrogen-bond acceptors (Lipinski definition) is 3. The van der Waals surface area contributed by atoms with E-state index in [0.29, 0.717) is 13.0 Å². The van der Waals surface area contributed by atoms with Gasteiger partial charge in [-0.2, -0.15) is 13.2 Å². The van der Waals surface area contributed by atoms with Crippen molar-refractivity contribution in [3.63, 3.8) is 0 Å². The second kappa shape index (κ2) is 6.03. The van der Waals surface area contributed by atoms with Gasteiger partial charge in [-0.05, 0) is 31.5 Å². The van der Waals surface area contributed by atoms with Crippen molar-refractivity contribution in [1.29, 1.82) is 0 Å². The van der Waals surface area contributed by atoms with E-state index in [0.717, 1.165) is 12.1 Å². The second-order valence-corrected chi connectivity index (χ2v) is 4.97. The lowest BCUT2D eigenvalue weighted by Gasteiger charge is -2.42. The Balaban J connectivity index is 2.07. The molecule has 3 unspecified atom stereocenters. The zero-order chi connectivity index (χ0) is 15.6. The summed E-state index contributed by atoms with van der Waals surface area (Å²) in [7, 11) is 0. The molecule has 0 saturated heterocycles. The molecule has 0 bridgehead atoms. The molecule has 1 aliphatic carbocycles. The minimum absolute atomic E-state index is 0.0424. The molecule has 21 heavy (non-hydrogen) atoms. The van der Waals surface area contributed by atoms with Crippen molar-refractivity contribution in [2.45, 2.75) is 37.7 Å². The van der Waals surface area contributed by atoms with Crippen LogP contribution >= 0.6 is 0 Å². The minimum Gasteiger partial charge on any atom is -0.376 e. The van der Waals surface area contributed by atoms with Gasteiger partial charge < -0.3 is 15.8 Å². The van der Waals surface area contributed by atoms with Crippen molar-refractivity contribution in [3.05, 3.63) is 35.4 Å². The van der Waals surface area contributed by atoms with Crippen LogP contribution in [0.2, 0.25) is 0 Å². The number of nitrogens with two attached hydrogens (primary N) is 1. The number of hydrogen-bond donors (Lipinski definition) is 2. The van der Waals surface area contributed by atoms with E-state index in [9.17, 15) is 18.0 Å². The van der Waals surface area contributed by atoms with Crippen LogP contribution in [0, 0.1) is 0 Å². The molecule has 4 nitrogen and oxygen atoms in total. The summed E-state index contributed by atoms with van der Waals surface area (Å²) in [6, 6.07) is 3.69. The van der Waals surface area contributed by atoms with Gasteiger partial charge in [-0.25, -0.2) is 0 Å². The third-order valence-corrected chi connectivity index (χ3v) is 3.50. The molecule has 3 atom stereocenters. The smallest absolute Gasteiger partial charge is 0.376 e. The predicted octanol–water partition coefficient (Wildman–Crippen LogP) is 1.94. The lowest BCUT2D eigenvalue weighted by atomic mass is 9.83. The Morgan fingerprint density at radius 2 is 2.19 bits per heavy atom. The highest BCUT2D eigenvalue weighted by Gasteiger charge is 2.40. The third-order valence-electron chi connectivity index (χ3n) is 3.50. The summed E-state index contributed by atoms with van der Waals surface area (Å²) in [6.45, 7) is 2.32. The number of halogens is 3. The quantitative estimate of drug-likeness (QED) is 0.893. The topological polar surface area (TPSA) is 64.3 Å². The third kappa shape index (κ3) is 3.54. The van der Waals surface area contributed by atoms with E-state index in [1.54, 1.807) is 0 Å². The molecule has 3 N–H and O–H groups in total. The first kappa shape index (κ1) is 15.8. The van der Waals surface area contributed by atoms with Crippen LogP contribution in [0.1, 0.15) is 29.3 Å². The van der Waals surface area contributed by atoms with Crippen molar-refractivity contribution in [2.75, 3.05) is 6.61 Å². The number of ether oxygens (including phenoxy) is 1. The van der Waals surface area contributed by atoms with Crippen molar-refractivity contribution in [3.8, 4) is 0 Å². The fourth-order valence-electron chi connectivity index (χ4n) is 2.30. The van der Waals surface area contributed by atoms with Gasteiger partial charge in [0.25, 0.3) is 5.91 Å². The van der Waals surface area contributed by atoms with Gasteiger partial charge in [-0.3, -0.25) is 4.79 Å². The predicted molar refractivity (Wildman–Crippen MR) is 70.7 cm³/mol. The maximum absolute atomic E-state index is 12.6. The van der Waals surface area contributed by atoms with Gasteiger partial charge in [0.05, 0.1) is 17.7 Å². The molecule has 0 heterocycles. The molecule has 1 aromatic carbocycles. The van der Waals surface area contributed by atoms with Gasteiger partial charge in [-0.1, -0.05) is 6.07 Å². The van der Waals surface area contributed by atoms with Crippen LogP contribution in [0.15, 0.2) is 24.3 Å². The number of carbonyl (C=O) groups excluding carboxylic acids is 1. The van der Waals surface area contributed by atoms with Crippen molar-refractivity contribution >= 4 is 5.91 Å². The van der Waals surface area contributed by atoms with Crippen molar-refractivity contribution in [2.24, 2.45) is 5.73 Å². The van der Waals surface area contributed by atoms with Crippen molar-refractivity contribution < 1.29 is 22.7 Å². The average molecular weight is 302 g/mol. The molecule has 7 heteroatoms. The van der Waals surface area contributed by atoms with E-state index in [4.69, 9.17) is 10.5 Å².